The van der Waals surface area contributed by atoms with E-state index in [4.69, 9.17) is 0 Å². The van der Waals surface area contributed by atoms with Crippen LogP contribution in [-0.2, 0) is 0 Å². The smallest absolute Gasteiger partial charge is 0.253 e. The van der Waals surface area contributed by atoms with Crippen molar-refractivity contribution < 1.29 is 4.79 Å². The summed E-state index contributed by atoms with van der Waals surface area (Å²) in [6.45, 7) is 3.84. The van der Waals surface area contributed by atoms with Crippen LogP contribution in [0.3, 0.4) is 0 Å². The summed E-state index contributed by atoms with van der Waals surface area (Å²) < 4.78 is 0. The first kappa shape index (κ1) is 15.7. The molecule has 0 saturated heterocycles. The maximum atomic E-state index is 12.4. The van der Waals surface area contributed by atoms with E-state index < -0.39 is 0 Å². The summed E-state index contributed by atoms with van der Waals surface area (Å²) in [6, 6.07) is 14.8. The first-order valence-electron chi connectivity index (χ1n) is 8.43. The number of carbonyl (C=O) groups excluding carboxylic acids is 1. The summed E-state index contributed by atoms with van der Waals surface area (Å²) >= 11 is 0. The normalized spacial score (nSPS) is 21.0. The zero-order chi connectivity index (χ0) is 16.2. The standard InChI is InChI=1S/C20H24N2O/c1-14-8-13-19(15(2)21-14)20(23)22-18-11-9-17(10-12-18)16-6-4-3-5-7-16/h3-8,13,17-18H,9-12H2,1-2H3,(H,22,23). The number of carbonyl (C=O) groups is 1. The lowest BCUT2D eigenvalue weighted by Crippen LogP contribution is -2.37. The molecule has 0 unspecified atom stereocenters. The Morgan fingerprint density at radius 3 is 2.35 bits per heavy atom. The van der Waals surface area contributed by atoms with Crippen LogP contribution in [0.4, 0.5) is 0 Å². The van der Waals surface area contributed by atoms with E-state index in [0.29, 0.717) is 11.5 Å². The lowest BCUT2D eigenvalue weighted by atomic mass is 9.81. The third kappa shape index (κ3) is 3.79. The number of aryl methyl sites for hydroxylation is 2. The largest absolute Gasteiger partial charge is 0.349 e. The second kappa shape index (κ2) is 6.95. The molecule has 1 aliphatic rings. The molecule has 23 heavy (non-hydrogen) atoms. The van der Waals surface area contributed by atoms with E-state index >= 15 is 0 Å². The van der Waals surface area contributed by atoms with Crippen molar-refractivity contribution in [3.8, 4) is 0 Å². The van der Waals surface area contributed by atoms with Gasteiger partial charge in [-0.3, -0.25) is 9.78 Å². The predicted octanol–water partition coefficient (Wildman–Crippen LogP) is 4.15. The van der Waals surface area contributed by atoms with E-state index in [-0.39, 0.29) is 11.9 Å². The van der Waals surface area contributed by atoms with Crippen molar-refractivity contribution in [1.29, 1.82) is 0 Å². The van der Waals surface area contributed by atoms with Crippen molar-refractivity contribution in [2.75, 3.05) is 0 Å². The van der Waals surface area contributed by atoms with E-state index in [2.05, 4.69) is 40.6 Å². The SMILES string of the molecule is Cc1ccc(C(=O)NC2CCC(c3ccccc3)CC2)c(C)n1. The molecule has 1 N–H and O–H groups in total. The molecule has 120 valence electrons. The maximum absolute atomic E-state index is 12.4. The highest BCUT2D eigenvalue weighted by atomic mass is 16.1. The lowest BCUT2D eigenvalue weighted by molar-refractivity contribution is 0.0924. The Balaban J connectivity index is 1.57. The number of benzene rings is 1. The Labute approximate surface area is 138 Å². The lowest BCUT2D eigenvalue weighted by Gasteiger charge is -2.29. The van der Waals surface area contributed by atoms with Crippen LogP contribution in [0.5, 0.6) is 0 Å². The minimum absolute atomic E-state index is 0.0122. The quantitative estimate of drug-likeness (QED) is 0.925. The molecule has 1 fully saturated rings. The summed E-state index contributed by atoms with van der Waals surface area (Å²) in [4.78, 5) is 16.8. The van der Waals surface area contributed by atoms with Gasteiger partial charge in [0.2, 0.25) is 0 Å². The van der Waals surface area contributed by atoms with Crippen molar-refractivity contribution in [2.24, 2.45) is 0 Å². The van der Waals surface area contributed by atoms with E-state index in [9.17, 15) is 4.79 Å². The van der Waals surface area contributed by atoms with Gasteiger partial charge in [-0.05, 0) is 63.1 Å². The molecule has 0 spiro atoms. The summed E-state index contributed by atoms with van der Waals surface area (Å²) in [5.74, 6) is 0.644. The number of nitrogens with zero attached hydrogens (tertiary/aromatic N) is 1. The topological polar surface area (TPSA) is 42.0 Å². The molecular weight excluding hydrogens is 284 g/mol. The van der Waals surface area contributed by atoms with Crippen LogP contribution in [0.15, 0.2) is 42.5 Å². The van der Waals surface area contributed by atoms with Crippen LogP contribution in [0.25, 0.3) is 0 Å². The van der Waals surface area contributed by atoms with Crippen LogP contribution in [0.1, 0.15) is 58.9 Å². The Morgan fingerprint density at radius 1 is 1.00 bits per heavy atom. The summed E-state index contributed by atoms with van der Waals surface area (Å²) in [5.41, 5.74) is 3.87. The molecular formula is C20H24N2O. The summed E-state index contributed by atoms with van der Waals surface area (Å²) in [5, 5.41) is 3.19. The number of pyridine rings is 1. The highest BCUT2D eigenvalue weighted by Crippen LogP contribution is 2.32. The van der Waals surface area contributed by atoms with Crippen LogP contribution in [-0.4, -0.2) is 16.9 Å². The van der Waals surface area contributed by atoms with E-state index in [1.54, 1.807) is 0 Å². The van der Waals surface area contributed by atoms with Crippen molar-refractivity contribution in [3.63, 3.8) is 0 Å². The van der Waals surface area contributed by atoms with Crippen molar-refractivity contribution in [1.82, 2.24) is 10.3 Å². The minimum Gasteiger partial charge on any atom is -0.349 e. The molecule has 2 aromatic rings. The Bertz CT molecular complexity index is 673. The summed E-state index contributed by atoms with van der Waals surface area (Å²) in [6.07, 6.45) is 4.37. The van der Waals surface area contributed by atoms with Gasteiger partial charge in [0.25, 0.3) is 5.91 Å². The number of hydrogen-bond acceptors (Lipinski definition) is 2. The van der Waals surface area contributed by atoms with E-state index in [1.807, 2.05) is 26.0 Å². The summed E-state index contributed by atoms with van der Waals surface area (Å²) in [7, 11) is 0. The van der Waals surface area contributed by atoms with Crippen molar-refractivity contribution >= 4 is 5.91 Å². The number of hydrogen-bond donors (Lipinski definition) is 1. The molecule has 0 radical (unpaired) electrons. The first-order valence-corrected chi connectivity index (χ1v) is 8.43. The molecule has 0 bridgehead atoms. The fraction of sp³-hybridized carbons (Fsp3) is 0.400. The monoisotopic (exact) mass is 308 g/mol. The number of aromatic nitrogens is 1. The van der Waals surface area contributed by atoms with Crippen LogP contribution >= 0.6 is 0 Å². The Morgan fingerprint density at radius 2 is 1.70 bits per heavy atom. The Kier molecular flexibility index (Phi) is 4.75. The molecule has 0 aliphatic heterocycles. The van der Waals surface area contributed by atoms with Gasteiger partial charge in [0.15, 0.2) is 0 Å². The van der Waals surface area contributed by atoms with Gasteiger partial charge in [-0.1, -0.05) is 30.3 Å². The number of rotatable bonds is 3. The second-order valence-corrected chi connectivity index (χ2v) is 6.52. The fourth-order valence-corrected chi connectivity index (χ4v) is 3.49. The zero-order valence-corrected chi connectivity index (χ0v) is 13.9. The van der Waals surface area contributed by atoms with Gasteiger partial charge < -0.3 is 5.32 Å². The first-order chi connectivity index (χ1) is 11.1. The Hall–Kier alpha value is -2.16. The highest BCUT2D eigenvalue weighted by Gasteiger charge is 2.24. The zero-order valence-electron chi connectivity index (χ0n) is 13.9. The number of nitrogens with one attached hydrogen (secondary N) is 1. The van der Waals surface area contributed by atoms with Gasteiger partial charge in [-0.2, -0.15) is 0 Å². The van der Waals surface area contributed by atoms with Crippen LogP contribution in [0.2, 0.25) is 0 Å². The second-order valence-electron chi connectivity index (χ2n) is 6.52. The molecule has 1 aromatic carbocycles. The average molecular weight is 308 g/mol. The highest BCUT2D eigenvalue weighted by molar-refractivity contribution is 5.95. The molecule has 1 heterocycles. The van der Waals surface area contributed by atoms with Gasteiger partial charge in [0.1, 0.15) is 0 Å². The van der Waals surface area contributed by atoms with Crippen LogP contribution < -0.4 is 5.32 Å². The number of amides is 1. The fourth-order valence-electron chi connectivity index (χ4n) is 3.49. The third-order valence-electron chi connectivity index (χ3n) is 4.80. The van der Waals surface area contributed by atoms with E-state index in [0.717, 1.165) is 37.1 Å². The average Bonchev–Trinajstić information content (AvgIpc) is 2.56. The van der Waals surface area contributed by atoms with Crippen LogP contribution in [0, 0.1) is 13.8 Å². The van der Waals surface area contributed by atoms with Crippen molar-refractivity contribution in [3.05, 3.63) is 65.0 Å². The third-order valence-corrected chi connectivity index (χ3v) is 4.80. The minimum atomic E-state index is 0.0122. The predicted molar refractivity (Wildman–Crippen MR) is 92.6 cm³/mol. The molecule has 0 atom stereocenters. The molecule has 1 saturated carbocycles. The van der Waals surface area contributed by atoms with Gasteiger partial charge in [-0.15, -0.1) is 0 Å². The van der Waals surface area contributed by atoms with Gasteiger partial charge in [0.05, 0.1) is 11.3 Å². The van der Waals surface area contributed by atoms with Gasteiger partial charge in [0, 0.05) is 11.7 Å². The molecule has 1 aliphatic carbocycles. The van der Waals surface area contributed by atoms with E-state index in [1.165, 1.54) is 5.56 Å². The maximum Gasteiger partial charge on any atom is 0.253 e. The molecule has 1 aromatic heterocycles. The molecule has 3 rings (SSSR count). The molecule has 1 amide bonds. The molecule has 3 heteroatoms. The molecule has 3 nitrogen and oxygen atoms in total. The van der Waals surface area contributed by atoms with Crippen molar-refractivity contribution in [2.45, 2.75) is 51.5 Å². The van der Waals surface area contributed by atoms with Gasteiger partial charge in [-0.25, -0.2) is 0 Å². The van der Waals surface area contributed by atoms with Gasteiger partial charge >= 0.3 is 0 Å².